The second-order valence-electron chi connectivity index (χ2n) is 14.4. The molecule has 0 aliphatic heterocycles. The average molecular weight is 823 g/mol. The van der Waals surface area contributed by atoms with Crippen LogP contribution in [-0.4, -0.2) is 65.7 Å². The highest BCUT2D eigenvalue weighted by atomic mass is 31.2. The van der Waals surface area contributed by atoms with E-state index < -0.39 is 51.8 Å². The minimum absolute atomic E-state index is 0.141. The lowest BCUT2D eigenvalue weighted by Crippen LogP contribution is -2.29. The highest BCUT2D eigenvalue weighted by Gasteiger charge is 2.27. The molecule has 0 aromatic heterocycles. The number of phosphoric acid groups is 1. The molecular formula is C46H79O10P. The maximum atomic E-state index is 12.6. The van der Waals surface area contributed by atoms with Crippen molar-refractivity contribution in [3.05, 3.63) is 72.9 Å². The fourth-order valence-electron chi connectivity index (χ4n) is 5.42. The van der Waals surface area contributed by atoms with E-state index in [4.69, 9.17) is 19.1 Å². The smallest absolute Gasteiger partial charge is 0.462 e. The third kappa shape index (κ3) is 41.4. The quantitative estimate of drug-likeness (QED) is 0.0236. The summed E-state index contributed by atoms with van der Waals surface area (Å²) in [5.74, 6) is -0.976. The second-order valence-corrected chi connectivity index (χ2v) is 15.8. The number of allylic oxidation sites excluding steroid dienone is 12. The van der Waals surface area contributed by atoms with Gasteiger partial charge in [0.05, 0.1) is 19.8 Å². The van der Waals surface area contributed by atoms with E-state index in [-0.39, 0.29) is 19.4 Å². The number of aliphatic hydroxyl groups is 2. The topological polar surface area (TPSA) is 149 Å². The Morgan fingerprint density at radius 3 is 1.46 bits per heavy atom. The lowest BCUT2D eigenvalue weighted by atomic mass is 10.1. The van der Waals surface area contributed by atoms with Crippen molar-refractivity contribution in [1.82, 2.24) is 0 Å². The Hall–Kier alpha value is -2.59. The number of phosphoric ester groups is 1. The molecule has 328 valence electrons. The molecule has 0 aliphatic rings. The summed E-state index contributed by atoms with van der Waals surface area (Å²) in [7, 11) is -4.63. The van der Waals surface area contributed by atoms with Crippen molar-refractivity contribution < 1.29 is 47.8 Å². The van der Waals surface area contributed by atoms with Gasteiger partial charge in [0.1, 0.15) is 12.7 Å². The first-order valence-corrected chi connectivity index (χ1v) is 23.4. The number of hydrogen-bond donors (Lipinski definition) is 3. The summed E-state index contributed by atoms with van der Waals surface area (Å²) < 4.78 is 32.7. The van der Waals surface area contributed by atoms with Crippen LogP contribution in [0, 0.1) is 0 Å². The first-order valence-electron chi connectivity index (χ1n) is 21.9. The minimum Gasteiger partial charge on any atom is -0.462 e. The van der Waals surface area contributed by atoms with Gasteiger partial charge in [-0.2, -0.15) is 0 Å². The van der Waals surface area contributed by atoms with Gasteiger partial charge in [-0.1, -0.05) is 145 Å². The Bertz CT molecular complexity index is 1180. The molecule has 3 N–H and O–H groups in total. The molecule has 0 spiro atoms. The van der Waals surface area contributed by atoms with Gasteiger partial charge in [0.2, 0.25) is 0 Å². The van der Waals surface area contributed by atoms with Gasteiger partial charge in [-0.3, -0.25) is 18.6 Å². The maximum Gasteiger partial charge on any atom is 0.472 e. The molecule has 0 aromatic carbocycles. The van der Waals surface area contributed by atoms with Crippen LogP contribution in [-0.2, 0) is 32.7 Å². The number of carbonyl (C=O) groups is 2. The number of rotatable bonds is 40. The van der Waals surface area contributed by atoms with Gasteiger partial charge in [-0.25, -0.2) is 4.57 Å². The van der Waals surface area contributed by atoms with Crippen molar-refractivity contribution >= 4 is 19.8 Å². The second kappa shape index (κ2) is 41.6. The van der Waals surface area contributed by atoms with E-state index in [0.717, 1.165) is 77.0 Å². The predicted molar refractivity (Wildman–Crippen MR) is 233 cm³/mol. The zero-order chi connectivity index (χ0) is 41.9. The summed E-state index contributed by atoms with van der Waals surface area (Å²) in [6.45, 7) is 2.23. The van der Waals surface area contributed by atoms with Gasteiger partial charge in [-0.15, -0.1) is 0 Å². The standard InChI is InChI=1S/C46H79O10P/c1-3-5-7-9-11-13-15-17-19-21-23-25-27-29-31-33-35-37-45(49)53-41-44(42-55-57(51,52)54-40-43(48)39-47)56-46(50)38-36-34-32-30-28-26-24-22-20-18-16-14-12-10-8-6-4-2/h8,10-11,13-14,16-17,19-20,22,26,28,43-44,47-48H,3-7,9,12,15,18,21,23-25,27,29-42H2,1-2H3,(H,51,52)/b10-8+,13-11+,16-14+,19-17+,22-20+,28-26+/t43-,44+/m0/s1. The fraction of sp³-hybridized carbons (Fsp3) is 0.696. The van der Waals surface area contributed by atoms with Gasteiger partial charge in [0.25, 0.3) is 0 Å². The van der Waals surface area contributed by atoms with Crippen LogP contribution in [0.4, 0.5) is 0 Å². The number of esters is 2. The SMILES string of the molecule is CCC/C=C/C/C=C/C/C=C/C/C=C/CCCCCC(=O)O[C@H](COC(=O)CCCCCCCCC/C=C/C/C=C/CCCCC)COP(=O)(O)OC[C@@H](O)CO. The Balaban J connectivity index is 4.38. The molecule has 3 atom stereocenters. The van der Waals surface area contributed by atoms with Crippen molar-refractivity contribution in [3.63, 3.8) is 0 Å². The molecule has 0 heterocycles. The van der Waals surface area contributed by atoms with Gasteiger partial charge >= 0.3 is 19.8 Å². The summed E-state index contributed by atoms with van der Waals surface area (Å²) >= 11 is 0. The predicted octanol–water partition coefficient (Wildman–Crippen LogP) is 11.7. The molecule has 0 saturated heterocycles. The van der Waals surface area contributed by atoms with Crippen molar-refractivity contribution in [2.75, 3.05) is 26.4 Å². The van der Waals surface area contributed by atoms with Crippen molar-refractivity contribution in [2.45, 2.75) is 180 Å². The van der Waals surface area contributed by atoms with Gasteiger partial charge in [0, 0.05) is 12.8 Å². The summed E-state index contributed by atoms with van der Waals surface area (Å²) in [4.78, 5) is 35.0. The zero-order valence-electron chi connectivity index (χ0n) is 35.5. The zero-order valence-corrected chi connectivity index (χ0v) is 36.4. The van der Waals surface area contributed by atoms with Crippen molar-refractivity contribution in [3.8, 4) is 0 Å². The van der Waals surface area contributed by atoms with Gasteiger partial charge < -0.3 is 24.6 Å². The first kappa shape index (κ1) is 54.4. The number of unbranched alkanes of at least 4 members (excludes halogenated alkanes) is 14. The van der Waals surface area contributed by atoms with Crippen molar-refractivity contribution in [1.29, 1.82) is 0 Å². The number of ether oxygens (including phenoxy) is 2. The molecular weight excluding hydrogens is 743 g/mol. The van der Waals surface area contributed by atoms with Crippen LogP contribution in [0.5, 0.6) is 0 Å². The van der Waals surface area contributed by atoms with Crippen LogP contribution >= 0.6 is 7.82 Å². The van der Waals surface area contributed by atoms with Crippen molar-refractivity contribution in [2.24, 2.45) is 0 Å². The maximum absolute atomic E-state index is 12.6. The van der Waals surface area contributed by atoms with E-state index in [1.165, 1.54) is 51.4 Å². The lowest BCUT2D eigenvalue weighted by molar-refractivity contribution is -0.161. The normalized spacial score (nSPS) is 14.5. The minimum atomic E-state index is -4.63. The van der Waals surface area contributed by atoms with E-state index >= 15 is 0 Å². The Labute approximate surface area is 346 Å². The van der Waals surface area contributed by atoms with Crippen LogP contribution in [0.1, 0.15) is 168 Å². The molecule has 11 heteroatoms. The first-order chi connectivity index (χ1) is 27.7. The Morgan fingerprint density at radius 1 is 0.526 bits per heavy atom. The largest absolute Gasteiger partial charge is 0.472 e. The molecule has 0 aromatic rings. The van der Waals surface area contributed by atoms with E-state index in [2.05, 4.69) is 91.3 Å². The third-order valence-corrected chi connectivity index (χ3v) is 9.77. The van der Waals surface area contributed by atoms with Gasteiger partial charge in [-0.05, 0) is 83.5 Å². The number of carbonyl (C=O) groups excluding carboxylic acids is 2. The van der Waals surface area contributed by atoms with E-state index in [1.807, 2.05) is 0 Å². The van der Waals surface area contributed by atoms with Crippen LogP contribution in [0.2, 0.25) is 0 Å². The molecule has 0 saturated carbocycles. The molecule has 10 nitrogen and oxygen atoms in total. The molecule has 0 fully saturated rings. The molecule has 0 amide bonds. The van der Waals surface area contributed by atoms with Crippen LogP contribution in [0.25, 0.3) is 0 Å². The Morgan fingerprint density at radius 2 is 0.947 bits per heavy atom. The number of hydrogen-bond acceptors (Lipinski definition) is 9. The summed E-state index contributed by atoms with van der Waals surface area (Å²) in [6.07, 6.45) is 47.2. The Kier molecular flexibility index (Phi) is 39.7. The highest BCUT2D eigenvalue weighted by molar-refractivity contribution is 7.47. The monoisotopic (exact) mass is 823 g/mol. The molecule has 0 aliphatic carbocycles. The highest BCUT2D eigenvalue weighted by Crippen LogP contribution is 2.43. The van der Waals surface area contributed by atoms with Gasteiger partial charge in [0.15, 0.2) is 6.10 Å². The fourth-order valence-corrected chi connectivity index (χ4v) is 6.21. The lowest BCUT2D eigenvalue weighted by Gasteiger charge is -2.20. The van der Waals surface area contributed by atoms with Crippen LogP contribution < -0.4 is 0 Å². The molecule has 1 unspecified atom stereocenters. The summed E-state index contributed by atoms with van der Waals surface area (Å²) in [5.41, 5.74) is 0. The number of aliphatic hydroxyl groups excluding tert-OH is 2. The third-order valence-electron chi connectivity index (χ3n) is 8.81. The molecule has 0 rings (SSSR count). The van der Waals surface area contributed by atoms with Crippen LogP contribution in [0.15, 0.2) is 72.9 Å². The average Bonchev–Trinajstić information content (AvgIpc) is 3.20. The summed E-state index contributed by atoms with van der Waals surface area (Å²) in [5, 5.41) is 18.3. The van der Waals surface area contributed by atoms with E-state index in [9.17, 15) is 24.2 Å². The van der Waals surface area contributed by atoms with E-state index in [1.54, 1.807) is 0 Å². The molecule has 0 radical (unpaired) electrons. The van der Waals surface area contributed by atoms with Crippen LogP contribution in [0.3, 0.4) is 0 Å². The summed E-state index contributed by atoms with van der Waals surface area (Å²) in [6, 6.07) is 0. The molecule has 57 heavy (non-hydrogen) atoms. The molecule has 0 bridgehead atoms. The van der Waals surface area contributed by atoms with E-state index in [0.29, 0.717) is 12.8 Å².